The highest BCUT2D eigenvalue weighted by Crippen LogP contribution is 2.31. The standard InChI is InChI=1S/C12H14ClN3/c13-10-6-9(7-10)8-15-12-3-1-2-11-14-4-5-16(11)12/h1-5,9-10,15H,6-8H2. The summed E-state index contributed by atoms with van der Waals surface area (Å²) >= 11 is 5.96. The first-order chi connectivity index (χ1) is 7.83. The molecule has 2 heterocycles. The van der Waals surface area contributed by atoms with Crippen LogP contribution in [0.4, 0.5) is 5.82 Å². The van der Waals surface area contributed by atoms with Crippen molar-refractivity contribution < 1.29 is 0 Å². The van der Waals surface area contributed by atoms with Crippen molar-refractivity contribution in [3.05, 3.63) is 30.6 Å². The Morgan fingerprint density at radius 3 is 3.12 bits per heavy atom. The monoisotopic (exact) mass is 235 g/mol. The van der Waals surface area contributed by atoms with Crippen molar-refractivity contribution in [1.82, 2.24) is 9.38 Å². The fraction of sp³-hybridized carbons (Fsp3) is 0.417. The van der Waals surface area contributed by atoms with E-state index < -0.39 is 0 Å². The molecular weight excluding hydrogens is 222 g/mol. The number of imidazole rings is 1. The van der Waals surface area contributed by atoms with Crippen LogP contribution in [0.15, 0.2) is 30.6 Å². The van der Waals surface area contributed by atoms with Crippen LogP contribution in [0.5, 0.6) is 0 Å². The highest BCUT2D eigenvalue weighted by molar-refractivity contribution is 6.21. The molecule has 1 aliphatic rings. The van der Waals surface area contributed by atoms with Crippen LogP contribution in [0.2, 0.25) is 0 Å². The lowest BCUT2D eigenvalue weighted by Gasteiger charge is -2.31. The topological polar surface area (TPSA) is 29.3 Å². The maximum Gasteiger partial charge on any atom is 0.138 e. The molecule has 0 aliphatic heterocycles. The molecule has 3 nitrogen and oxygen atoms in total. The van der Waals surface area contributed by atoms with Crippen LogP contribution in [-0.4, -0.2) is 21.3 Å². The Morgan fingerprint density at radius 1 is 1.44 bits per heavy atom. The van der Waals surface area contributed by atoms with Gasteiger partial charge in [0.2, 0.25) is 0 Å². The summed E-state index contributed by atoms with van der Waals surface area (Å²) < 4.78 is 2.07. The van der Waals surface area contributed by atoms with Gasteiger partial charge in [0.25, 0.3) is 0 Å². The minimum absolute atomic E-state index is 0.399. The maximum absolute atomic E-state index is 5.96. The number of fused-ring (bicyclic) bond motifs is 1. The zero-order chi connectivity index (χ0) is 11.0. The van der Waals surface area contributed by atoms with Gasteiger partial charge in [-0.1, -0.05) is 6.07 Å². The van der Waals surface area contributed by atoms with Crippen LogP contribution >= 0.6 is 11.6 Å². The molecule has 16 heavy (non-hydrogen) atoms. The molecule has 0 unspecified atom stereocenters. The van der Waals surface area contributed by atoms with Crippen LogP contribution < -0.4 is 5.32 Å². The van der Waals surface area contributed by atoms with Crippen molar-refractivity contribution in [1.29, 1.82) is 0 Å². The van der Waals surface area contributed by atoms with Crippen molar-refractivity contribution in [3.63, 3.8) is 0 Å². The molecule has 0 atom stereocenters. The molecule has 1 saturated carbocycles. The van der Waals surface area contributed by atoms with E-state index in [2.05, 4.69) is 20.8 Å². The first kappa shape index (κ1) is 9.97. The van der Waals surface area contributed by atoms with E-state index in [-0.39, 0.29) is 0 Å². The van der Waals surface area contributed by atoms with Gasteiger partial charge in [-0.25, -0.2) is 4.98 Å². The summed E-state index contributed by atoms with van der Waals surface area (Å²) in [6, 6.07) is 6.10. The highest BCUT2D eigenvalue weighted by Gasteiger charge is 2.26. The van der Waals surface area contributed by atoms with Crippen molar-refractivity contribution in [3.8, 4) is 0 Å². The summed E-state index contributed by atoms with van der Waals surface area (Å²) in [4.78, 5) is 4.25. The van der Waals surface area contributed by atoms with Crippen LogP contribution in [0.1, 0.15) is 12.8 Å². The molecule has 0 radical (unpaired) electrons. The summed E-state index contributed by atoms with van der Waals surface area (Å²) in [5.74, 6) is 1.83. The number of alkyl halides is 1. The van der Waals surface area contributed by atoms with Gasteiger partial charge in [-0.3, -0.25) is 4.40 Å². The Kier molecular flexibility index (Phi) is 2.48. The van der Waals surface area contributed by atoms with E-state index in [1.54, 1.807) is 0 Å². The number of hydrogen-bond acceptors (Lipinski definition) is 2. The van der Waals surface area contributed by atoms with E-state index in [1.807, 2.05) is 24.5 Å². The number of halogens is 1. The van der Waals surface area contributed by atoms with Gasteiger partial charge in [-0.05, 0) is 30.9 Å². The molecule has 2 aromatic heterocycles. The van der Waals surface area contributed by atoms with Crippen LogP contribution in [0, 0.1) is 5.92 Å². The number of nitrogens with one attached hydrogen (secondary N) is 1. The van der Waals surface area contributed by atoms with Crippen molar-refractivity contribution >= 4 is 23.1 Å². The summed E-state index contributed by atoms with van der Waals surface area (Å²) in [6.45, 7) is 1.00. The van der Waals surface area contributed by atoms with Gasteiger partial charge in [0.15, 0.2) is 0 Å². The van der Waals surface area contributed by atoms with Gasteiger partial charge in [0.05, 0.1) is 0 Å². The lowest BCUT2D eigenvalue weighted by molar-refractivity contribution is 0.341. The molecule has 0 amide bonds. The first-order valence-electron chi connectivity index (χ1n) is 5.63. The van der Waals surface area contributed by atoms with Gasteiger partial charge < -0.3 is 5.32 Å². The van der Waals surface area contributed by atoms with Gasteiger partial charge in [-0.2, -0.15) is 0 Å². The Balaban J connectivity index is 1.71. The minimum atomic E-state index is 0.399. The molecule has 3 rings (SSSR count). The minimum Gasteiger partial charge on any atom is -0.371 e. The number of nitrogens with zero attached hydrogens (tertiary/aromatic N) is 2. The first-order valence-corrected chi connectivity index (χ1v) is 6.06. The second kappa shape index (κ2) is 3.98. The molecule has 1 N–H and O–H groups in total. The molecule has 0 bridgehead atoms. The lowest BCUT2D eigenvalue weighted by Crippen LogP contribution is -2.30. The predicted molar refractivity (Wildman–Crippen MR) is 66.0 cm³/mol. The number of aromatic nitrogens is 2. The summed E-state index contributed by atoms with van der Waals surface area (Å²) in [7, 11) is 0. The average Bonchev–Trinajstić information content (AvgIpc) is 2.71. The van der Waals surface area contributed by atoms with Gasteiger partial charge in [0, 0.05) is 24.3 Å². The van der Waals surface area contributed by atoms with E-state index in [9.17, 15) is 0 Å². The smallest absolute Gasteiger partial charge is 0.138 e. The maximum atomic E-state index is 5.96. The fourth-order valence-corrected chi connectivity index (χ4v) is 2.67. The van der Waals surface area contributed by atoms with E-state index >= 15 is 0 Å². The van der Waals surface area contributed by atoms with Crippen molar-refractivity contribution in [2.24, 2.45) is 5.92 Å². The molecular formula is C12H14ClN3. The number of rotatable bonds is 3. The van der Waals surface area contributed by atoms with E-state index in [0.717, 1.165) is 36.8 Å². The molecule has 2 aromatic rings. The number of hydrogen-bond donors (Lipinski definition) is 1. The summed E-state index contributed by atoms with van der Waals surface area (Å²) in [6.07, 6.45) is 6.06. The molecule has 0 aromatic carbocycles. The van der Waals surface area contributed by atoms with Crippen molar-refractivity contribution in [2.45, 2.75) is 18.2 Å². The van der Waals surface area contributed by atoms with E-state index in [4.69, 9.17) is 11.6 Å². The van der Waals surface area contributed by atoms with Crippen LogP contribution in [0.25, 0.3) is 5.65 Å². The second-order valence-electron chi connectivity index (χ2n) is 4.38. The Hall–Kier alpha value is -1.22. The molecule has 0 saturated heterocycles. The largest absolute Gasteiger partial charge is 0.371 e. The van der Waals surface area contributed by atoms with E-state index in [0.29, 0.717) is 5.38 Å². The third-order valence-electron chi connectivity index (χ3n) is 3.18. The summed E-state index contributed by atoms with van der Waals surface area (Å²) in [5, 5.41) is 3.86. The fourth-order valence-electron chi connectivity index (χ4n) is 2.16. The van der Waals surface area contributed by atoms with Gasteiger partial charge >= 0.3 is 0 Å². The van der Waals surface area contributed by atoms with E-state index in [1.165, 1.54) is 0 Å². The second-order valence-corrected chi connectivity index (χ2v) is 5.00. The average molecular weight is 236 g/mol. The SMILES string of the molecule is ClC1CC(CNc2cccc3nccn23)C1. The molecule has 4 heteroatoms. The quantitative estimate of drug-likeness (QED) is 0.829. The Labute approximate surface area is 99.4 Å². The Bertz CT molecular complexity index is 488. The molecule has 1 aliphatic carbocycles. The van der Waals surface area contributed by atoms with Gasteiger partial charge in [-0.15, -0.1) is 11.6 Å². The van der Waals surface area contributed by atoms with Gasteiger partial charge in [0.1, 0.15) is 11.5 Å². The zero-order valence-electron chi connectivity index (χ0n) is 8.94. The van der Waals surface area contributed by atoms with Crippen molar-refractivity contribution in [2.75, 3.05) is 11.9 Å². The molecule has 84 valence electrons. The lowest BCUT2D eigenvalue weighted by atomic mass is 9.85. The predicted octanol–water partition coefficient (Wildman–Crippen LogP) is 2.76. The molecule has 1 fully saturated rings. The number of anilines is 1. The summed E-state index contributed by atoms with van der Waals surface area (Å²) in [5.41, 5.74) is 0.980. The normalized spacial score (nSPS) is 24.3. The molecule has 0 spiro atoms. The van der Waals surface area contributed by atoms with Crippen LogP contribution in [-0.2, 0) is 0 Å². The third-order valence-corrected chi connectivity index (χ3v) is 3.53. The zero-order valence-corrected chi connectivity index (χ0v) is 9.69. The number of pyridine rings is 1. The van der Waals surface area contributed by atoms with Crippen LogP contribution in [0.3, 0.4) is 0 Å². The highest BCUT2D eigenvalue weighted by atomic mass is 35.5. The Morgan fingerprint density at radius 2 is 2.31 bits per heavy atom. The third kappa shape index (κ3) is 1.76.